The smallest absolute Gasteiger partial charge is 0.319 e. The summed E-state index contributed by atoms with van der Waals surface area (Å²) >= 11 is 0. The molecule has 1 heterocycles. The van der Waals surface area contributed by atoms with Crippen LogP contribution in [0.25, 0.3) is 0 Å². The molecular weight excluding hydrogens is 254 g/mol. The normalized spacial score (nSPS) is 27.3. The molecule has 0 radical (unpaired) electrons. The Labute approximate surface area is 121 Å². The molecule has 0 aromatic carbocycles. The molecule has 4 heteroatoms. The van der Waals surface area contributed by atoms with E-state index in [1.54, 1.807) is 6.92 Å². The highest BCUT2D eigenvalue weighted by molar-refractivity contribution is 5.98. The van der Waals surface area contributed by atoms with E-state index in [1.807, 2.05) is 25.7 Å². The molecule has 1 aliphatic heterocycles. The second kappa shape index (κ2) is 5.74. The summed E-state index contributed by atoms with van der Waals surface area (Å²) in [5.41, 5.74) is -0.402. The Morgan fingerprint density at radius 3 is 2.20 bits per heavy atom. The summed E-state index contributed by atoms with van der Waals surface area (Å²) in [6, 6.07) is 0. The molecule has 0 N–H and O–H groups in total. The van der Waals surface area contributed by atoms with E-state index in [0.717, 1.165) is 13.1 Å². The Kier molecular flexibility index (Phi) is 4.40. The maximum Gasteiger partial charge on any atom is 0.319 e. The Balaban J connectivity index is 2.09. The third-order valence-corrected chi connectivity index (χ3v) is 4.67. The first-order valence-corrected chi connectivity index (χ1v) is 7.80. The minimum Gasteiger partial charge on any atom is -0.465 e. The van der Waals surface area contributed by atoms with E-state index in [9.17, 15) is 9.59 Å². The summed E-state index contributed by atoms with van der Waals surface area (Å²) in [4.78, 5) is 26.8. The number of esters is 1. The Hall–Kier alpha value is -1.06. The van der Waals surface area contributed by atoms with Crippen molar-refractivity contribution in [1.29, 1.82) is 0 Å². The fraction of sp³-hybridized carbons (Fsp3) is 0.875. The van der Waals surface area contributed by atoms with Gasteiger partial charge < -0.3 is 9.64 Å². The number of fused-ring (bicyclic) bond motifs is 1. The first kappa shape index (κ1) is 15.3. The van der Waals surface area contributed by atoms with Crippen LogP contribution in [0, 0.1) is 23.2 Å². The molecule has 2 rings (SSSR count). The number of ether oxygens (including phenoxy) is 1. The number of likely N-dealkylation sites (tertiary alicyclic amines) is 1. The molecule has 0 aromatic rings. The van der Waals surface area contributed by atoms with Crippen LogP contribution < -0.4 is 0 Å². The van der Waals surface area contributed by atoms with Gasteiger partial charge in [0.1, 0.15) is 5.92 Å². The minimum atomic E-state index is -0.679. The van der Waals surface area contributed by atoms with Crippen molar-refractivity contribution < 1.29 is 14.3 Å². The molecule has 0 spiro atoms. The summed E-state index contributed by atoms with van der Waals surface area (Å²) < 4.78 is 5.12. The topological polar surface area (TPSA) is 46.6 Å². The zero-order chi connectivity index (χ0) is 14.9. The molecule has 3 unspecified atom stereocenters. The molecule has 1 saturated heterocycles. The third-order valence-electron chi connectivity index (χ3n) is 4.67. The Bertz CT molecular complexity index is 374. The van der Waals surface area contributed by atoms with Crippen LogP contribution in [0.5, 0.6) is 0 Å². The standard InChI is InChI=1S/C16H27NO3/c1-5-20-15(19)13(16(2,3)4)14(18)17-9-11-7-6-8-12(11)10-17/h11-13H,5-10H2,1-4H3. The van der Waals surface area contributed by atoms with Gasteiger partial charge in [0, 0.05) is 13.1 Å². The van der Waals surface area contributed by atoms with E-state index in [1.165, 1.54) is 19.3 Å². The van der Waals surface area contributed by atoms with Crippen LogP contribution in [0.4, 0.5) is 0 Å². The van der Waals surface area contributed by atoms with Crippen molar-refractivity contribution in [3.8, 4) is 0 Å². The molecule has 114 valence electrons. The molecular formula is C16H27NO3. The summed E-state index contributed by atoms with van der Waals surface area (Å²) in [5, 5.41) is 0. The molecule has 2 aliphatic rings. The maximum absolute atomic E-state index is 12.8. The van der Waals surface area contributed by atoms with Gasteiger partial charge in [-0.3, -0.25) is 9.59 Å². The predicted octanol–water partition coefficient (Wildman–Crippen LogP) is 2.47. The average Bonchev–Trinajstić information content (AvgIpc) is 2.86. The van der Waals surface area contributed by atoms with Crippen LogP contribution in [-0.4, -0.2) is 36.5 Å². The lowest BCUT2D eigenvalue weighted by Crippen LogP contribution is -2.45. The molecule has 4 nitrogen and oxygen atoms in total. The summed E-state index contributed by atoms with van der Waals surface area (Å²) in [6.07, 6.45) is 3.75. The average molecular weight is 281 g/mol. The van der Waals surface area contributed by atoms with Gasteiger partial charge in [-0.05, 0) is 37.0 Å². The maximum atomic E-state index is 12.8. The molecule has 1 saturated carbocycles. The number of hydrogen-bond acceptors (Lipinski definition) is 3. The molecule has 0 aromatic heterocycles. The zero-order valence-electron chi connectivity index (χ0n) is 13.1. The number of carbonyl (C=O) groups excluding carboxylic acids is 2. The largest absolute Gasteiger partial charge is 0.465 e. The van der Waals surface area contributed by atoms with Crippen LogP contribution in [0.2, 0.25) is 0 Å². The van der Waals surface area contributed by atoms with Gasteiger partial charge >= 0.3 is 5.97 Å². The van der Waals surface area contributed by atoms with Gasteiger partial charge in [0.15, 0.2) is 0 Å². The van der Waals surface area contributed by atoms with Gasteiger partial charge in [-0.2, -0.15) is 0 Å². The van der Waals surface area contributed by atoms with Crippen molar-refractivity contribution in [2.45, 2.75) is 47.0 Å². The predicted molar refractivity (Wildman–Crippen MR) is 77.0 cm³/mol. The highest BCUT2D eigenvalue weighted by Gasteiger charge is 2.45. The zero-order valence-corrected chi connectivity index (χ0v) is 13.1. The molecule has 1 aliphatic carbocycles. The van der Waals surface area contributed by atoms with E-state index in [0.29, 0.717) is 18.4 Å². The summed E-state index contributed by atoms with van der Waals surface area (Å²) in [5.74, 6) is 0.220. The van der Waals surface area contributed by atoms with Crippen LogP contribution in [0.3, 0.4) is 0 Å². The van der Waals surface area contributed by atoms with Crippen molar-refractivity contribution in [1.82, 2.24) is 4.90 Å². The van der Waals surface area contributed by atoms with Crippen LogP contribution in [0.1, 0.15) is 47.0 Å². The van der Waals surface area contributed by atoms with Gasteiger partial charge in [-0.1, -0.05) is 27.2 Å². The van der Waals surface area contributed by atoms with E-state index in [2.05, 4.69) is 0 Å². The van der Waals surface area contributed by atoms with Crippen LogP contribution >= 0.6 is 0 Å². The SMILES string of the molecule is CCOC(=O)C(C(=O)N1CC2CCCC2C1)C(C)(C)C. The number of hydrogen-bond donors (Lipinski definition) is 0. The highest BCUT2D eigenvalue weighted by Crippen LogP contribution is 2.39. The Morgan fingerprint density at radius 1 is 1.20 bits per heavy atom. The second-order valence-electron chi connectivity index (χ2n) is 7.25. The Morgan fingerprint density at radius 2 is 1.75 bits per heavy atom. The first-order chi connectivity index (χ1) is 9.34. The van der Waals surface area contributed by atoms with Gasteiger partial charge in [0.2, 0.25) is 5.91 Å². The van der Waals surface area contributed by atoms with E-state index in [4.69, 9.17) is 4.74 Å². The van der Waals surface area contributed by atoms with Crippen molar-refractivity contribution in [3.63, 3.8) is 0 Å². The van der Waals surface area contributed by atoms with Crippen LogP contribution in [-0.2, 0) is 14.3 Å². The van der Waals surface area contributed by atoms with Gasteiger partial charge in [0.05, 0.1) is 6.61 Å². The molecule has 2 fully saturated rings. The molecule has 1 amide bonds. The fourth-order valence-electron chi connectivity index (χ4n) is 3.65. The monoisotopic (exact) mass is 281 g/mol. The van der Waals surface area contributed by atoms with E-state index < -0.39 is 11.3 Å². The first-order valence-electron chi connectivity index (χ1n) is 7.80. The molecule has 3 atom stereocenters. The number of rotatable bonds is 3. The number of nitrogens with zero attached hydrogens (tertiary/aromatic N) is 1. The van der Waals surface area contributed by atoms with Gasteiger partial charge in [-0.25, -0.2) is 0 Å². The van der Waals surface area contributed by atoms with Crippen LogP contribution in [0.15, 0.2) is 0 Å². The third kappa shape index (κ3) is 2.99. The van der Waals surface area contributed by atoms with E-state index in [-0.39, 0.29) is 11.9 Å². The lowest BCUT2D eigenvalue weighted by atomic mass is 9.79. The molecule has 0 bridgehead atoms. The summed E-state index contributed by atoms with van der Waals surface area (Å²) in [6.45, 7) is 9.56. The fourth-order valence-corrected chi connectivity index (χ4v) is 3.65. The van der Waals surface area contributed by atoms with Crippen molar-refractivity contribution in [2.24, 2.45) is 23.2 Å². The highest BCUT2D eigenvalue weighted by atomic mass is 16.5. The minimum absolute atomic E-state index is 0.0367. The quantitative estimate of drug-likeness (QED) is 0.590. The number of amides is 1. The lowest BCUT2D eigenvalue weighted by Gasteiger charge is -2.31. The van der Waals surface area contributed by atoms with Gasteiger partial charge in [-0.15, -0.1) is 0 Å². The van der Waals surface area contributed by atoms with Crippen molar-refractivity contribution in [2.75, 3.05) is 19.7 Å². The second-order valence-corrected chi connectivity index (χ2v) is 7.25. The van der Waals surface area contributed by atoms with Gasteiger partial charge in [0.25, 0.3) is 0 Å². The van der Waals surface area contributed by atoms with Crippen molar-refractivity contribution in [3.05, 3.63) is 0 Å². The van der Waals surface area contributed by atoms with Crippen molar-refractivity contribution >= 4 is 11.9 Å². The lowest BCUT2D eigenvalue weighted by molar-refractivity contribution is -0.160. The summed E-state index contributed by atoms with van der Waals surface area (Å²) in [7, 11) is 0. The van der Waals surface area contributed by atoms with E-state index >= 15 is 0 Å². The number of carbonyl (C=O) groups is 2. The molecule has 20 heavy (non-hydrogen) atoms.